The Morgan fingerprint density at radius 3 is 2.35 bits per heavy atom. The molecule has 0 aromatic carbocycles. The van der Waals surface area contributed by atoms with Gasteiger partial charge in [-0.3, -0.25) is 4.99 Å². The molecule has 1 rings (SSSR count). The van der Waals surface area contributed by atoms with E-state index < -0.39 is 0 Å². The molecule has 0 saturated carbocycles. The highest BCUT2D eigenvalue weighted by Crippen LogP contribution is 2.38. The molecule has 0 radical (unpaired) electrons. The molecule has 0 spiro atoms. The van der Waals surface area contributed by atoms with E-state index in [9.17, 15) is 0 Å². The molecule has 1 aliphatic heterocycles. The van der Waals surface area contributed by atoms with Gasteiger partial charge in [-0.25, -0.2) is 4.99 Å². The maximum atomic E-state index is 5.02. The summed E-state index contributed by atoms with van der Waals surface area (Å²) in [7, 11) is 0. The molecule has 0 fully saturated rings. The van der Waals surface area contributed by atoms with Gasteiger partial charge in [-0.05, 0) is 64.4 Å². The summed E-state index contributed by atoms with van der Waals surface area (Å²) in [5.41, 5.74) is 3.94. The first-order valence-corrected chi connectivity index (χ1v) is 10.1. The molecule has 23 heavy (non-hydrogen) atoms. The molecule has 0 aromatic heterocycles. The van der Waals surface area contributed by atoms with Crippen LogP contribution in [0.2, 0.25) is 0 Å². The lowest BCUT2D eigenvalue weighted by Crippen LogP contribution is -2.21. The van der Waals surface area contributed by atoms with Crippen molar-refractivity contribution in [3.8, 4) is 0 Å². The molecule has 1 heterocycles. The molecule has 2 nitrogen and oxygen atoms in total. The van der Waals surface area contributed by atoms with Crippen LogP contribution in [0, 0.1) is 23.7 Å². The summed E-state index contributed by atoms with van der Waals surface area (Å²) in [6.45, 7) is 16.9. The van der Waals surface area contributed by atoms with Crippen molar-refractivity contribution < 1.29 is 0 Å². The lowest BCUT2D eigenvalue weighted by atomic mass is 9.77. The van der Waals surface area contributed by atoms with Crippen molar-refractivity contribution in [3.05, 3.63) is 11.3 Å². The number of allylic oxidation sites excluding steroid dienone is 2. The van der Waals surface area contributed by atoms with Gasteiger partial charge in [0.25, 0.3) is 0 Å². The van der Waals surface area contributed by atoms with Crippen molar-refractivity contribution in [1.29, 1.82) is 0 Å². The highest BCUT2D eigenvalue weighted by Gasteiger charge is 2.30. The van der Waals surface area contributed by atoms with Crippen molar-refractivity contribution in [2.24, 2.45) is 33.7 Å². The first kappa shape index (κ1) is 20.6. The summed E-state index contributed by atoms with van der Waals surface area (Å²) in [6.07, 6.45) is 4.53. The van der Waals surface area contributed by atoms with Crippen molar-refractivity contribution in [2.75, 3.05) is 6.54 Å². The minimum absolute atomic E-state index is 0.417. The lowest BCUT2D eigenvalue weighted by Gasteiger charge is -2.29. The van der Waals surface area contributed by atoms with Crippen LogP contribution in [-0.4, -0.2) is 16.9 Å². The molecule has 1 aliphatic rings. The Balaban J connectivity index is 3.56. The molecular formula is C20H35BrN2. The van der Waals surface area contributed by atoms with Gasteiger partial charge in [0.1, 0.15) is 0 Å². The van der Waals surface area contributed by atoms with Crippen LogP contribution in [0.15, 0.2) is 21.3 Å². The summed E-state index contributed by atoms with van der Waals surface area (Å²) in [4.78, 5) is 9.96. The standard InChI is InChI=1S/C20H35BrN2/c1-8-10-15(7)18-16(13(3)4)11-12-22-19(14(5)6)20(18)23-17(21)9-2/h13-16H,8-12H2,1-7H3/t15?,16-/m0/s1. The number of hydrogen-bond acceptors (Lipinski definition) is 2. The quantitative estimate of drug-likeness (QED) is 0.440. The van der Waals surface area contributed by atoms with E-state index in [1.165, 1.54) is 24.3 Å². The van der Waals surface area contributed by atoms with Gasteiger partial charge in [0.05, 0.1) is 16.0 Å². The molecular weight excluding hydrogens is 348 g/mol. The third-order valence-electron chi connectivity index (χ3n) is 4.77. The van der Waals surface area contributed by atoms with E-state index in [0.717, 1.165) is 24.0 Å². The van der Waals surface area contributed by atoms with Crippen LogP contribution < -0.4 is 0 Å². The van der Waals surface area contributed by atoms with Crippen LogP contribution in [0.3, 0.4) is 0 Å². The smallest absolute Gasteiger partial charge is 0.0849 e. The molecule has 1 unspecified atom stereocenters. The predicted molar refractivity (Wildman–Crippen MR) is 108 cm³/mol. The van der Waals surface area contributed by atoms with E-state index in [4.69, 9.17) is 9.98 Å². The maximum Gasteiger partial charge on any atom is 0.0849 e. The van der Waals surface area contributed by atoms with Crippen LogP contribution in [0.1, 0.15) is 74.1 Å². The van der Waals surface area contributed by atoms with Gasteiger partial charge in [0.2, 0.25) is 0 Å². The molecule has 0 amide bonds. The number of rotatable bonds is 7. The van der Waals surface area contributed by atoms with Crippen molar-refractivity contribution in [2.45, 2.75) is 74.1 Å². The van der Waals surface area contributed by atoms with E-state index in [0.29, 0.717) is 23.7 Å². The lowest BCUT2D eigenvalue weighted by molar-refractivity contribution is 0.377. The first-order chi connectivity index (χ1) is 10.8. The number of hydrogen-bond donors (Lipinski definition) is 0. The first-order valence-electron chi connectivity index (χ1n) is 9.35. The molecule has 3 heteroatoms. The van der Waals surface area contributed by atoms with Gasteiger partial charge in [-0.1, -0.05) is 54.9 Å². The Hall–Kier alpha value is -0.440. The Kier molecular flexibility index (Phi) is 8.74. The average Bonchev–Trinajstić information content (AvgIpc) is 2.67. The van der Waals surface area contributed by atoms with Gasteiger partial charge in [-0.2, -0.15) is 0 Å². The fourth-order valence-electron chi connectivity index (χ4n) is 3.54. The van der Waals surface area contributed by atoms with Crippen LogP contribution in [0.5, 0.6) is 0 Å². The van der Waals surface area contributed by atoms with E-state index in [1.54, 1.807) is 5.57 Å². The fraction of sp³-hybridized carbons (Fsp3) is 0.800. The summed E-state index contributed by atoms with van der Waals surface area (Å²) >= 11 is 3.65. The topological polar surface area (TPSA) is 24.7 Å². The number of aliphatic imine (C=N–C) groups is 2. The second-order valence-corrected chi connectivity index (χ2v) is 8.31. The average molecular weight is 383 g/mol. The second-order valence-electron chi connectivity index (χ2n) is 7.40. The zero-order valence-electron chi connectivity index (χ0n) is 16.1. The van der Waals surface area contributed by atoms with E-state index in [1.807, 2.05) is 0 Å². The molecule has 2 atom stereocenters. The molecule has 132 valence electrons. The summed E-state index contributed by atoms with van der Waals surface area (Å²) in [5, 5.41) is 0. The zero-order chi connectivity index (χ0) is 17.6. The van der Waals surface area contributed by atoms with Gasteiger partial charge in [-0.15, -0.1) is 0 Å². The third-order valence-corrected chi connectivity index (χ3v) is 5.50. The van der Waals surface area contributed by atoms with E-state index in [-0.39, 0.29) is 0 Å². The molecule has 0 saturated heterocycles. The normalized spacial score (nSPS) is 21.7. The highest BCUT2D eigenvalue weighted by atomic mass is 79.9. The van der Waals surface area contributed by atoms with Crippen LogP contribution >= 0.6 is 15.9 Å². The summed E-state index contributed by atoms with van der Waals surface area (Å²) in [6, 6.07) is 0. The SMILES string of the molecule is CCCC(C)C1=C(N=C(Br)CC)C(C(C)C)=NCC[C@H]1C(C)C. The minimum Gasteiger partial charge on any atom is -0.287 e. The Labute approximate surface area is 152 Å². The monoisotopic (exact) mass is 382 g/mol. The molecule has 0 N–H and O–H groups in total. The van der Waals surface area contributed by atoms with Crippen LogP contribution in [0.25, 0.3) is 0 Å². The van der Waals surface area contributed by atoms with Gasteiger partial charge >= 0.3 is 0 Å². The Bertz CT molecular complexity index is 472. The van der Waals surface area contributed by atoms with E-state index in [2.05, 4.69) is 64.4 Å². The van der Waals surface area contributed by atoms with Gasteiger partial charge < -0.3 is 0 Å². The van der Waals surface area contributed by atoms with Crippen molar-refractivity contribution >= 4 is 26.3 Å². The molecule has 0 aromatic rings. The third kappa shape index (κ3) is 5.55. The maximum absolute atomic E-state index is 5.02. The molecule has 0 aliphatic carbocycles. The second kappa shape index (κ2) is 9.76. The fourth-order valence-corrected chi connectivity index (χ4v) is 3.71. The van der Waals surface area contributed by atoms with Crippen molar-refractivity contribution in [1.82, 2.24) is 0 Å². The van der Waals surface area contributed by atoms with Crippen LogP contribution in [-0.2, 0) is 0 Å². The predicted octanol–water partition coefficient (Wildman–Crippen LogP) is 6.65. The number of halogens is 1. The largest absolute Gasteiger partial charge is 0.287 e. The summed E-state index contributed by atoms with van der Waals surface area (Å²) in [5.74, 6) is 2.22. The molecule has 0 bridgehead atoms. The summed E-state index contributed by atoms with van der Waals surface area (Å²) < 4.78 is 1.03. The zero-order valence-corrected chi connectivity index (χ0v) is 17.7. The Morgan fingerprint density at radius 1 is 1.22 bits per heavy atom. The number of nitrogens with zero attached hydrogens (tertiary/aromatic N) is 2. The Morgan fingerprint density at radius 2 is 1.87 bits per heavy atom. The van der Waals surface area contributed by atoms with Crippen molar-refractivity contribution in [3.63, 3.8) is 0 Å². The minimum atomic E-state index is 0.417. The highest BCUT2D eigenvalue weighted by molar-refractivity contribution is 9.18. The van der Waals surface area contributed by atoms with Gasteiger partial charge in [0.15, 0.2) is 0 Å². The van der Waals surface area contributed by atoms with Gasteiger partial charge in [0, 0.05) is 6.54 Å². The van der Waals surface area contributed by atoms with Crippen LogP contribution in [0.4, 0.5) is 0 Å². The van der Waals surface area contributed by atoms with E-state index >= 15 is 0 Å².